The molecule has 0 heterocycles. The highest BCUT2D eigenvalue weighted by Crippen LogP contribution is 2.52. The van der Waals surface area contributed by atoms with Crippen LogP contribution in [-0.4, -0.2) is 19.7 Å². The van der Waals surface area contributed by atoms with Crippen LogP contribution in [0, 0.1) is 12.3 Å². The summed E-state index contributed by atoms with van der Waals surface area (Å²) in [6.45, 7) is 7.70. The van der Waals surface area contributed by atoms with Crippen LogP contribution in [0.4, 0.5) is 0 Å². The van der Waals surface area contributed by atoms with Gasteiger partial charge < -0.3 is 10.1 Å². The summed E-state index contributed by atoms with van der Waals surface area (Å²) in [5, 5.41) is 3.58. The summed E-state index contributed by atoms with van der Waals surface area (Å²) in [5.41, 5.74) is 3.13. The lowest BCUT2D eigenvalue weighted by molar-refractivity contribution is 0.346. The summed E-state index contributed by atoms with van der Waals surface area (Å²) >= 11 is 0. The average Bonchev–Trinajstić information content (AvgIpc) is 3.11. The summed E-state index contributed by atoms with van der Waals surface area (Å²) in [6.07, 6.45) is 3.79. The highest BCUT2D eigenvalue weighted by molar-refractivity contribution is 5.38. The Kier molecular flexibility index (Phi) is 3.96. The maximum absolute atomic E-state index is 5.49. The Morgan fingerprint density at radius 1 is 1.39 bits per heavy atom. The van der Waals surface area contributed by atoms with Crippen molar-refractivity contribution in [3.63, 3.8) is 0 Å². The van der Waals surface area contributed by atoms with E-state index in [1.165, 1.54) is 24.0 Å². The first-order valence-electron chi connectivity index (χ1n) is 6.98. The Morgan fingerprint density at radius 3 is 2.67 bits per heavy atom. The molecule has 1 aliphatic rings. The number of rotatable bonds is 6. The molecule has 1 saturated carbocycles. The third-order valence-electron chi connectivity index (χ3n) is 4.30. The molecule has 0 aromatic heterocycles. The summed E-state index contributed by atoms with van der Waals surface area (Å²) in [6, 6.07) is 7.08. The monoisotopic (exact) mass is 247 g/mol. The van der Waals surface area contributed by atoms with Crippen molar-refractivity contribution in [3.05, 3.63) is 29.3 Å². The predicted octanol–water partition coefficient (Wildman–Crippen LogP) is 3.32. The van der Waals surface area contributed by atoms with Crippen molar-refractivity contribution >= 4 is 0 Å². The standard InChI is InChI=1S/C16H25NO/c1-5-17-13(3)16(8-9-16)11-14-10-12(2)6-7-15(14)18-4/h6-7,10,13,17H,5,8-9,11H2,1-4H3. The van der Waals surface area contributed by atoms with Gasteiger partial charge in [0.25, 0.3) is 0 Å². The van der Waals surface area contributed by atoms with Gasteiger partial charge in [-0.2, -0.15) is 0 Å². The Morgan fingerprint density at radius 2 is 2.11 bits per heavy atom. The second-order valence-electron chi connectivity index (χ2n) is 5.63. The van der Waals surface area contributed by atoms with Crippen molar-refractivity contribution < 1.29 is 4.74 Å². The van der Waals surface area contributed by atoms with Crippen LogP contribution in [0.15, 0.2) is 18.2 Å². The topological polar surface area (TPSA) is 21.3 Å². The normalized spacial score (nSPS) is 18.4. The van der Waals surface area contributed by atoms with E-state index in [4.69, 9.17) is 4.74 Å². The Balaban J connectivity index is 2.16. The highest BCUT2D eigenvalue weighted by atomic mass is 16.5. The van der Waals surface area contributed by atoms with Gasteiger partial charge in [0.1, 0.15) is 5.75 Å². The van der Waals surface area contributed by atoms with Gasteiger partial charge in [0, 0.05) is 6.04 Å². The Labute approximate surface area is 111 Å². The minimum atomic E-state index is 0.455. The summed E-state index contributed by atoms with van der Waals surface area (Å²) < 4.78 is 5.49. The second-order valence-corrected chi connectivity index (χ2v) is 5.63. The van der Waals surface area contributed by atoms with E-state index < -0.39 is 0 Å². The van der Waals surface area contributed by atoms with Crippen LogP contribution in [0.25, 0.3) is 0 Å². The van der Waals surface area contributed by atoms with E-state index in [1.54, 1.807) is 7.11 Å². The minimum Gasteiger partial charge on any atom is -0.496 e. The number of methoxy groups -OCH3 is 1. The Bertz CT molecular complexity index is 410. The van der Waals surface area contributed by atoms with E-state index in [9.17, 15) is 0 Å². The zero-order valence-electron chi connectivity index (χ0n) is 12.0. The number of ether oxygens (including phenoxy) is 1. The molecule has 1 N–H and O–H groups in total. The number of aryl methyl sites for hydroxylation is 1. The third-order valence-corrected chi connectivity index (χ3v) is 4.30. The van der Waals surface area contributed by atoms with Crippen molar-refractivity contribution in [1.29, 1.82) is 0 Å². The first-order valence-corrected chi connectivity index (χ1v) is 6.98. The lowest BCUT2D eigenvalue weighted by Crippen LogP contribution is -2.36. The molecule has 1 aromatic rings. The lowest BCUT2D eigenvalue weighted by atomic mass is 9.89. The molecule has 0 spiro atoms. The quantitative estimate of drug-likeness (QED) is 0.832. The van der Waals surface area contributed by atoms with E-state index in [1.807, 2.05) is 0 Å². The minimum absolute atomic E-state index is 0.455. The molecular weight excluding hydrogens is 222 g/mol. The summed E-state index contributed by atoms with van der Waals surface area (Å²) in [4.78, 5) is 0. The predicted molar refractivity (Wildman–Crippen MR) is 76.2 cm³/mol. The molecule has 0 amide bonds. The Hall–Kier alpha value is -1.02. The molecule has 0 radical (unpaired) electrons. The van der Waals surface area contributed by atoms with E-state index in [2.05, 4.69) is 44.3 Å². The molecular formula is C16H25NO. The third kappa shape index (κ3) is 2.69. The molecule has 2 rings (SSSR count). The fraction of sp³-hybridized carbons (Fsp3) is 0.625. The van der Waals surface area contributed by atoms with Crippen LogP contribution in [0.3, 0.4) is 0 Å². The highest BCUT2D eigenvalue weighted by Gasteiger charge is 2.47. The van der Waals surface area contributed by atoms with Crippen molar-refractivity contribution in [2.45, 2.75) is 46.1 Å². The van der Waals surface area contributed by atoms with Gasteiger partial charge in [-0.05, 0) is 56.7 Å². The molecule has 2 nitrogen and oxygen atoms in total. The first-order chi connectivity index (χ1) is 8.61. The van der Waals surface area contributed by atoms with Crippen LogP contribution in [-0.2, 0) is 6.42 Å². The van der Waals surface area contributed by atoms with Crippen molar-refractivity contribution in [2.24, 2.45) is 5.41 Å². The molecule has 1 aromatic carbocycles. The SMILES string of the molecule is CCNC(C)C1(Cc2cc(C)ccc2OC)CC1. The number of hydrogen-bond donors (Lipinski definition) is 1. The maximum atomic E-state index is 5.49. The van der Waals surface area contributed by atoms with Gasteiger partial charge in [0.2, 0.25) is 0 Å². The van der Waals surface area contributed by atoms with Gasteiger partial charge in [0.15, 0.2) is 0 Å². The molecule has 18 heavy (non-hydrogen) atoms. The zero-order chi connectivity index (χ0) is 13.2. The second kappa shape index (κ2) is 5.31. The zero-order valence-corrected chi connectivity index (χ0v) is 12.0. The van der Waals surface area contributed by atoms with Gasteiger partial charge in [0.05, 0.1) is 7.11 Å². The van der Waals surface area contributed by atoms with E-state index in [0.29, 0.717) is 11.5 Å². The van der Waals surface area contributed by atoms with Crippen LogP contribution in [0.2, 0.25) is 0 Å². The smallest absolute Gasteiger partial charge is 0.122 e. The van der Waals surface area contributed by atoms with Gasteiger partial charge in [-0.3, -0.25) is 0 Å². The molecule has 2 heteroatoms. The average molecular weight is 247 g/mol. The molecule has 0 saturated heterocycles. The molecule has 100 valence electrons. The van der Waals surface area contributed by atoms with Crippen molar-refractivity contribution in [3.8, 4) is 5.75 Å². The van der Waals surface area contributed by atoms with E-state index in [-0.39, 0.29) is 0 Å². The molecule has 0 aliphatic heterocycles. The molecule has 1 aliphatic carbocycles. The molecule has 1 unspecified atom stereocenters. The van der Waals surface area contributed by atoms with Gasteiger partial charge >= 0.3 is 0 Å². The van der Waals surface area contributed by atoms with Crippen LogP contribution < -0.4 is 10.1 Å². The fourth-order valence-electron chi connectivity index (χ4n) is 2.87. The molecule has 1 fully saturated rings. The lowest BCUT2D eigenvalue weighted by Gasteiger charge is -2.25. The van der Waals surface area contributed by atoms with Crippen LogP contribution >= 0.6 is 0 Å². The van der Waals surface area contributed by atoms with Gasteiger partial charge in [-0.25, -0.2) is 0 Å². The van der Waals surface area contributed by atoms with Crippen LogP contribution in [0.1, 0.15) is 37.8 Å². The number of hydrogen-bond acceptors (Lipinski definition) is 2. The van der Waals surface area contributed by atoms with E-state index in [0.717, 1.165) is 18.7 Å². The fourth-order valence-corrected chi connectivity index (χ4v) is 2.87. The largest absolute Gasteiger partial charge is 0.496 e. The first kappa shape index (κ1) is 13.4. The molecule has 0 bridgehead atoms. The van der Waals surface area contributed by atoms with Crippen molar-refractivity contribution in [1.82, 2.24) is 5.32 Å². The maximum Gasteiger partial charge on any atom is 0.122 e. The number of nitrogens with one attached hydrogen (secondary N) is 1. The number of benzene rings is 1. The summed E-state index contributed by atoms with van der Waals surface area (Å²) in [5.74, 6) is 1.04. The van der Waals surface area contributed by atoms with Gasteiger partial charge in [-0.15, -0.1) is 0 Å². The van der Waals surface area contributed by atoms with Crippen molar-refractivity contribution in [2.75, 3.05) is 13.7 Å². The molecule has 1 atom stereocenters. The van der Waals surface area contributed by atoms with Crippen LogP contribution in [0.5, 0.6) is 5.75 Å². The summed E-state index contributed by atoms with van der Waals surface area (Å²) in [7, 11) is 1.77. The van der Waals surface area contributed by atoms with Gasteiger partial charge in [-0.1, -0.05) is 24.6 Å². The van der Waals surface area contributed by atoms with E-state index >= 15 is 0 Å².